The number of carbonyl (C=O) groups is 1. The predicted molar refractivity (Wildman–Crippen MR) is 146 cm³/mol. The Labute approximate surface area is 228 Å². The van der Waals surface area contributed by atoms with Crippen LogP contribution in [-0.4, -0.2) is 49.2 Å². The highest BCUT2D eigenvalue weighted by atomic mass is 79.9. The standard InChI is InChI=1S/C25H25BrClN5O4S/c1-36-24(33)12-9-17-7-10-18(11-8-17)37(34,35)30-14-4-13-28-23-15-22(19-5-2-3-6-21(19)27)31-25-20(26)16-29-32(23)25/h2-3,5-8,10-11,15-16,28,30H,4,9,12-14H2,1H3. The van der Waals surface area contributed by atoms with Crippen molar-refractivity contribution < 1.29 is 17.9 Å². The molecule has 2 N–H and O–H groups in total. The van der Waals surface area contributed by atoms with E-state index in [4.69, 9.17) is 11.6 Å². The average molecular weight is 607 g/mol. The van der Waals surface area contributed by atoms with E-state index in [1.54, 1.807) is 22.8 Å². The van der Waals surface area contributed by atoms with Crippen LogP contribution in [0.3, 0.4) is 0 Å². The Kier molecular flexibility index (Phi) is 8.80. The lowest BCUT2D eigenvalue weighted by molar-refractivity contribution is -0.140. The summed E-state index contributed by atoms with van der Waals surface area (Å²) in [5.41, 5.74) is 2.98. The maximum Gasteiger partial charge on any atom is 0.305 e. The SMILES string of the molecule is COC(=O)CCc1ccc(S(=O)(=O)NCCCNc2cc(-c3ccccc3Cl)nc3c(Br)cnn23)cc1. The third-order valence-electron chi connectivity index (χ3n) is 5.61. The number of aryl methyl sites for hydroxylation is 1. The van der Waals surface area contributed by atoms with Gasteiger partial charge in [0, 0.05) is 36.2 Å². The molecule has 4 aromatic rings. The molecule has 2 heterocycles. The quantitative estimate of drug-likeness (QED) is 0.188. The second kappa shape index (κ2) is 12.0. The minimum absolute atomic E-state index is 0.170. The Morgan fingerprint density at radius 1 is 1.14 bits per heavy atom. The molecule has 0 aliphatic rings. The number of carbonyl (C=O) groups excluding carboxylic acids is 1. The van der Waals surface area contributed by atoms with Gasteiger partial charge < -0.3 is 10.1 Å². The Balaban J connectivity index is 1.36. The zero-order valence-corrected chi connectivity index (χ0v) is 23.1. The van der Waals surface area contributed by atoms with Gasteiger partial charge in [0.1, 0.15) is 5.82 Å². The molecule has 0 saturated carbocycles. The Hall–Kier alpha value is -2.99. The lowest BCUT2D eigenvalue weighted by Crippen LogP contribution is -2.26. The van der Waals surface area contributed by atoms with Crippen molar-refractivity contribution in [1.29, 1.82) is 0 Å². The fourth-order valence-corrected chi connectivity index (χ4v) is 5.30. The van der Waals surface area contributed by atoms with Crippen LogP contribution in [-0.2, 0) is 26.0 Å². The van der Waals surface area contributed by atoms with Gasteiger partial charge in [-0.2, -0.15) is 9.61 Å². The minimum Gasteiger partial charge on any atom is -0.469 e. The maximum atomic E-state index is 12.7. The van der Waals surface area contributed by atoms with E-state index in [0.717, 1.165) is 15.6 Å². The molecule has 0 aliphatic heterocycles. The van der Waals surface area contributed by atoms with Crippen LogP contribution in [0.4, 0.5) is 5.82 Å². The van der Waals surface area contributed by atoms with E-state index >= 15 is 0 Å². The van der Waals surface area contributed by atoms with Crippen LogP contribution in [0.5, 0.6) is 0 Å². The number of ether oxygens (including phenoxy) is 1. The van der Waals surface area contributed by atoms with Gasteiger partial charge >= 0.3 is 5.97 Å². The van der Waals surface area contributed by atoms with E-state index in [2.05, 4.69) is 40.8 Å². The number of aromatic nitrogens is 3. The summed E-state index contributed by atoms with van der Waals surface area (Å²) in [6, 6.07) is 15.8. The molecule has 4 rings (SSSR count). The van der Waals surface area contributed by atoms with Crippen LogP contribution in [0.15, 0.2) is 70.2 Å². The van der Waals surface area contributed by atoms with E-state index in [9.17, 15) is 13.2 Å². The second-order valence-electron chi connectivity index (χ2n) is 8.13. The topological polar surface area (TPSA) is 115 Å². The highest BCUT2D eigenvalue weighted by molar-refractivity contribution is 9.10. The van der Waals surface area contributed by atoms with Crippen molar-refractivity contribution in [1.82, 2.24) is 19.3 Å². The minimum atomic E-state index is -3.65. The van der Waals surface area contributed by atoms with Crippen LogP contribution in [0, 0.1) is 0 Å². The first-order valence-electron chi connectivity index (χ1n) is 11.5. The number of nitrogens with one attached hydrogen (secondary N) is 2. The molecule has 0 bridgehead atoms. The van der Waals surface area contributed by atoms with E-state index in [0.29, 0.717) is 41.6 Å². The summed E-state index contributed by atoms with van der Waals surface area (Å²) < 4.78 is 35.0. The van der Waals surface area contributed by atoms with Crippen molar-refractivity contribution in [3.05, 3.63) is 75.9 Å². The summed E-state index contributed by atoms with van der Waals surface area (Å²) in [6.45, 7) is 0.737. The van der Waals surface area contributed by atoms with Crippen molar-refractivity contribution >= 4 is 55.0 Å². The number of benzene rings is 2. The van der Waals surface area contributed by atoms with Gasteiger partial charge in [-0.15, -0.1) is 0 Å². The molecule has 0 saturated heterocycles. The van der Waals surface area contributed by atoms with E-state index in [1.807, 2.05) is 30.3 Å². The Morgan fingerprint density at radius 2 is 1.89 bits per heavy atom. The Bertz CT molecular complexity index is 1510. The molecule has 2 aromatic carbocycles. The number of fused-ring (bicyclic) bond motifs is 1. The summed E-state index contributed by atoms with van der Waals surface area (Å²) in [4.78, 5) is 16.1. The predicted octanol–water partition coefficient (Wildman–Crippen LogP) is 4.70. The molecule has 0 spiro atoms. The van der Waals surface area contributed by atoms with Gasteiger partial charge in [-0.25, -0.2) is 18.1 Å². The largest absolute Gasteiger partial charge is 0.469 e. The van der Waals surface area contributed by atoms with Crippen molar-refractivity contribution in [3.8, 4) is 11.3 Å². The number of hydrogen-bond donors (Lipinski definition) is 2. The molecule has 0 radical (unpaired) electrons. The molecule has 37 heavy (non-hydrogen) atoms. The summed E-state index contributed by atoms with van der Waals surface area (Å²) in [5.74, 6) is 0.399. The van der Waals surface area contributed by atoms with Crippen LogP contribution in [0.25, 0.3) is 16.9 Å². The summed E-state index contributed by atoms with van der Waals surface area (Å²) >= 11 is 9.86. The highest BCUT2D eigenvalue weighted by Crippen LogP contribution is 2.30. The molecule has 0 amide bonds. The number of nitrogens with zero attached hydrogens (tertiary/aromatic N) is 3. The first kappa shape index (κ1) is 27.1. The molecular weight excluding hydrogens is 582 g/mol. The fraction of sp³-hybridized carbons (Fsp3) is 0.240. The van der Waals surface area contributed by atoms with Gasteiger partial charge in [0.05, 0.1) is 28.4 Å². The first-order valence-corrected chi connectivity index (χ1v) is 14.1. The average Bonchev–Trinajstić information content (AvgIpc) is 3.28. The summed E-state index contributed by atoms with van der Waals surface area (Å²) in [6.07, 6.45) is 2.93. The van der Waals surface area contributed by atoms with Crippen LogP contribution < -0.4 is 10.0 Å². The molecule has 12 heteroatoms. The lowest BCUT2D eigenvalue weighted by atomic mass is 10.1. The van der Waals surface area contributed by atoms with Gasteiger partial charge in [0.25, 0.3) is 0 Å². The van der Waals surface area contributed by atoms with E-state index < -0.39 is 10.0 Å². The number of hydrogen-bond acceptors (Lipinski definition) is 7. The van der Waals surface area contributed by atoms with Crippen LogP contribution >= 0.6 is 27.5 Å². The molecule has 2 aromatic heterocycles. The van der Waals surface area contributed by atoms with Crippen LogP contribution in [0.1, 0.15) is 18.4 Å². The molecule has 0 atom stereocenters. The molecular formula is C25H25BrClN5O4S. The summed E-state index contributed by atoms with van der Waals surface area (Å²) in [5, 5.41) is 8.27. The molecule has 194 valence electrons. The molecule has 9 nitrogen and oxygen atoms in total. The Morgan fingerprint density at radius 3 is 2.62 bits per heavy atom. The molecule has 0 fully saturated rings. The number of rotatable bonds is 11. The van der Waals surface area contributed by atoms with Gasteiger partial charge in [-0.3, -0.25) is 4.79 Å². The van der Waals surface area contributed by atoms with E-state index in [-0.39, 0.29) is 23.8 Å². The normalized spacial score (nSPS) is 11.5. The third kappa shape index (κ3) is 6.67. The van der Waals surface area contributed by atoms with Gasteiger partial charge in [0.2, 0.25) is 10.0 Å². The van der Waals surface area contributed by atoms with Gasteiger partial charge in [-0.05, 0) is 52.5 Å². The van der Waals surface area contributed by atoms with Crippen LogP contribution in [0.2, 0.25) is 5.02 Å². The van der Waals surface area contributed by atoms with Crippen molar-refractivity contribution in [2.45, 2.75) is 24.2 Å². The van der Waals surface area contributed by atoms with Crippen molar-refractivity contribution in [3.63, 3.8) is 0 Å². The zero-order chi connectivity index (χ0) is 26.4. The second-order valence-corrected chi connectivity index (χ2v) is 11.2. The number of anilines is 1. The first-order chi connectivity index (χ1) is 17.8. The zero-order valence-electron chi connectivity index (χ0n) is 19.9. The smallest absolute Gasteiger partial charge is 0.305 e. The monoisotopic (exact) mass is 605 g/mol. The van der Waals surface area contributed by atoms with E-state index in [1.165, 1.54) is 19.2 Å². The lowest BCUT2D eigenvalue weighted by Gasteiger charge is -2.12. The number of esters is 1. The van der Waals surface area contributed by atoms with Gasteiger partial charge in [-0.1, -0.05) is 41.9 Å². The molecule has 0 unspecified atom stereocenters. The van der Waals surface area contributed by atoms with Crippen molar-refractivity contribution in [2.75, 3.05) is 25.5 Å². The maximum absolute atomic E-state index is 12.7. The molecule has 0 aliphatic carbocycles. The fourth-order valence-electron chi connectivity index (χ4n) is 3.65. The van der Waals surface area contributed by atoms with Crippen molar-refractivity contribution in [2.24, 2.45) is 0 Å². The highest BCUT2D eigenvalue weighted by Gasteiger charge is 2.15. The number of sulfonamides is 1. The third-order valence-corrected chi connectivity index (χ3v) is 7.98. The van der Waals surface area contributed by atoms with Gasteiger partial charge in [0.15, 0.2) is 5.65 Å². The number of methoxy groups -OCH3 is 1. The summed E-state index contributed by atoms with van der Waals surface area (Å²) in [7, 11) is -2.32. The number of halogens is 2.